The minimum Gasteiger partial charge on any atom is -0.374 e. The van der Waals surface area contributed by atoms with E-state index in [4.69, 9.17) is 4.74 Å². The van der Waals surface area contributed by atoms with Crippen LogP contribution in [0.2, 0.25) is 0 Å². The van der Waals surface area contributed by atoms with Gasteiger partial charge in [-0.1, -0.05) is 19.3 Å². The van der Waals surface area contributed by atoms with Gasteiger partial charge in [0.05, 0.1) is 0 Å². The molecule has 74 valence electrons. The number of Topliss-reactive ketones (excluding diaryl/α,β-unsaturated/α-hetero) is 1. The van der Waals surface area contributed by atoms with E-state index in [1.807, 2.05) is 0 Å². The van der Waals surface area contributed by atoms with E-state index in [9.17, 15) is 4.79 Å². The lowest BCUT2D eigenvalue weighted by atomic mass is 9.69. The maximum absolute atomic E-state index is 11.6. The van der Waals surface area contributed by atoms with Crippen LogP contribution in [0.4, 0.5) is 0 Å². The Labute approximate surface area is 79.7 Å². The molecule has 2 saturated carbocycles. The number of methoxy groups -OCH3 is 1. The summed E-state index contributed by atoms with van der Waals surface area (Å²) < 4.78 is 5.20. The summed E-state index contributed by atoms with van der Waals surface area (Å²) in [6.07, 6.45) is 6.95. The fourth-order valence-corrected chi connectivity index (χ4v) is 2.89. The van der Waals surface area contributed by atoms with Gasteiger partial charge in [0.1, 0.15) is 6.10 Å². The number of hydrogen-bond donors (Lipinski definition) is 0. The largest absolute Gasteiger partial charge is 0.374 e. The van der Waals surface area contributed by atoms with Crippen molar-refractivity contribution in [3.8, 4) is 0 Å². The van der Waals surface area contributed by atoms with Gasteiger partial charge in [0.25, 0.3) is 0 Å². The van der Waals surface area contributed by atoms with Crippen LogP contribution >= 0.6 is 0 Å². The molecule has 0 aliphatic heterocycles. The van der Waals surface area contributed by atoms with E-state index in [2.05, 4.69) is 0 Å². The van der Waals surface area contributed by atoms with Gasteiger partial charge in [-0.05, 0) is 24.7 Å². The van der Waals surface area contributed by atoms with Gasteiger partial charge in [-0.15, -0.1) is 0 Å². The van der Waals surface area contributed by atoms with Crippen molar-refractivity contribution in [2.75, 3.05) is 7.11 Å². The lowest BCUT2D eigenvalue weighted by molar-refractivity contribution is -0.136. The predicted octanol–water partition coefficient (Wildman–Crippen LogP) is 2.17. The Morgan fingerprint density at radius 2 is 1.92 bits per heavy atom. The fraction of sp³-hybridized carbons (Fsp3) is 0.909. The maximum atomic E-state index is 11.6. The minimum atomic E-state index is -0.0839. The first kappa shape index (κ1) is 9.20. The van der Waals surface area contributed by atoms with Gasteiger partial charge in [0.15, 0.2) is 5.78 Å². The van der Waals surface area contributed by atoms with Crippen molar-refractivity contribution >= 4 is 5.78 Å². The molecule has 3 atom stereocenters. The van der Waals surface area contributed by atoms with Gasteiger partial charge in [-0.2, -0.15) is 0 Å². The second-order valence-corrected chi connectivity index (χ2v) is 4.44. The highest BCUT2D eigenvalue weighted by atomic mass is 16.5. The molecule has 0 amide bonds. The molecule has 0 bridgehead atoms. The smallest absolute Gasteiger partial charge is 0.161 e. The zero-order chi connectivity index (χ0) is 9.26. The van der Waals surface area contributed by atoms with Gasteiger partial charge in [0.2, 0.25) is 0 Å². The lowest BCUT2D eigenvalue weighted by Crippen LogP contribution is -2.38. The van der Waals surface area contributed by atoms with Gasteiger partial charge >= 0.3 is 0 Å². The number of carbonyl (C=O) groups excluding carboxylic acids is 1. The number of carbonyl (C=O) groups is 1. The standard InChI is InChI=1S/C11H18O2/c1-13-11-7-9-5-3-2-4-8(9)6-10(11)12/h8-9,11H,2-7H2,1H3/t8-,9-,11+/m1/s1. The molecule has 2 fully saturated rings. The van der Waals surface area contributed by atoms with Gasteiger partial charge in [-0.25, -0.2) is 0 Å². The summed E-state index contributed by atoms with van der Waals surface area (Å²) in [4.78, 5) is 11.6. The zero-order valence-electron chi connectivity index (χ0n) is 8.29. The highest BCUT2D eigenvalue weighted by Crippen LogP contribution is 2.39. The lowest BCUT2D eigenvalue weighted by Gasteiger charge is -2.37. The summed E-state index contributed by atoms with van der Waals surface area (Å²) in [5.74, 6) is 1.80. The molecule has 2 aliphatic carbocycles. The fourth-order valence-electron chi connectivity index (χ4n) is 2.89. The third-order valence-corrected chi connectivity index (χ3v) is 3.69. The average Bonchev–Trinajstić information content (AvgIpc) is 2.17. The maximum Gasteiger partial charge on any atom is 0.161 e. The van der Waals surface area contributed by atoms with Gasteiger partial charge in [0, 0.05) is 13.5 Å². The Kier molecular flexibility index (Phi) is 2.68. The Morgan fingerprint density at radius 1 is 1.23 bits per heavy atom. The van der Waals surface area contributed by atoms with Crippen LogP contribution in [0, 0.1) is 11.8 Å². The third-order valence-electron chi connectivity index (χ3n) is 3.69. The summed E-state index contributed by atoms with van der Waals surface area (Å²) in [6.45, 7) is 0. The van der Waals surface area contributed by atoms with E-state index in [-0.39, 0.29) is 6.10 Å². The van der Waals surface area contributed by atoms with Crippen molar-refractivity contribution in [2.24, 2.45) is 11.8 Å². The molecular weight excluding hydrogens is 164 g/mol. The molecule has 2 heteroatoms. The molecule has 2 rings (SSSR count). The SMILES string of the molecule is CO[C@H]1C[C@H]2CCCC[C@@H]2CC1=O. The zero-order valence-corrected chi connectivity index (χ0v) is 8.29. The van der Waals surface area contributed by atoms with E-state index < -0.39 is 0 Å². The Morgan fingerprint density at radius 3 is 2.62 bits per heavy atom. The molecular formula is C11H18O2. The number of rotatable bonds is 1. The van der Waals surface area contributed by atoms with Crippen LogP contribution in [0.1, 0.15) is 38.5 Å². The first-order valence-electron chi connectivity index (χ1n) is 5.36. The molecule has 0 N–H and O–H groups in total. The predicted molar refractivity (Wildman–Crippen MR) is 50.5 cm³/mol. The van der Waals surface area contributed by atoms with Crippen LogP contribution in [0.3, 0.4) is 0 Å². The van der Waals surface area contributed by atoms with E-state index in [1.54, 1.807) is 7.11 Å². The molecule has 2 aliphatic rings. The van der Waals surface area contributed by atoms with Crippen molar-refractivity contribution in [3.63, 3.8) is 0 Å². The first-order chi connectivity index (χ1) is 6.31. The van der Waals surface area contributed by atoms with Crippen LogP contribution in [0.5, 0.6) is 0 Å². The van der Waals surface area contributed by atoms with Gasteiger partial charge in [-0.3, -0.25) is 4.79 Å². The van der Waals surface area contributed by atoms with Crippen LogP contribution in [-0.4, -0.2) is 19.0 Å². The van der Waals surface area contributed by atoms with Gasteiger partial charge < -0.3 is 4.74 Å². The van der Waals surface area contributed by atoms with Crippen molar-refractivity contribution in [2.45, 2.75) is 44.6 Å². The molecule has 0 spiro atoms. The molecule has 0 aromatic carbocycles. The van der Waals surface area contributed by atoms with E-state index in [0.29, 0.717) is 11.7 Å². The number of ketones is 1. The number of hydrogen-bond acceptors (Lipinski definition) is 2. The second kappa shape index (κ2) is 3.79. The quantitative estimate of drug-likeness (QED) is 0.621. The minimum absolute atomic E-state index is 0.0839. The highest BCUT2D eigenvalue weighted by molar-refractivity contribution is 5.84. The van der Waals surface area contributed by atoms with Crippen molar-refractivity contribution in [1.29, 1.82) is 0 Å². The molecule has 0 radical (unpaired) electrons. The molecule has 0 unspecified atom stereocenters. The Hall–Kier alpha value is -0.370. The molecule has 0 aromatic rings. The second-order valence-electron chi connectivity index (χ2n) is 4.44. The van der Waals surface area contributed by atoms with Crippen molar-refractivity contribution in [3.05, 3.63) is 0 Å². The Bertz CT molecular complexity index is 200. The Balaban J connectivity index is 2.01. The summed E-state index contributed by atoms with van der Waals surface area (Å²) in [5.41, 5.74) is 0. The first-order valence-corrected chi connectivity index (χ1v) is 5.36. The molecule has 0 saturated heterocycles. The van der Waals surface area contributed by atoms with Crippen LogP contribution in [-0.2, 0) is 9.53 Å². The number of ether oxygens (including phenoxy) is 1. The average molecular weight is 182 g/mol. The van der Waals surface area contributed by atoms with Crippen molar-refractivity contribution < 1.29 is 9.53 Å². The normalized spacial score (nSPS) is 40.1. The summed E-state index contributed by atoms with van der Waals surface area (Å²) >= 11 is 0. The molecule has 13 heavy (non-hydrogen) atoms. The van der Waals surface area contributed by atoms with E-state index in [0.717, 1.165) is 18.8 Å². The summed E-state index contributed by atoms with van der Waals surface area (Å²) in [5, 5.41) is 0. The van der Waals surface area contributed by atoms with E-state index >= 15 is 0 Å². The summed E-state index contributed by atoms with van der Waals surface area (Å²) in [7, 11) is 1.66. The topological polar surface area (TPSA) is 26.3 Å². The van der Waals surface area contributed by atoms with Crippen LogP contribution in [0.25, 0.3) is 0 Å². The molecule has 0 aromatic heterocycles. The van der Waals surface area contributed by atoms with Crippen LogP contribution < -0.4 is 0 Å². The van der Waals surface area contributed by atoms with Crippen LogP contribution in [0.15, 0.2) is 0 Å². The van der Waals surface area contributed by atoms with Crippen molar-refractivity contribution in [1.82, 2.24) is 0 Å². The molecule has 2 nitrogen and oxygen atoms in total. The number of fused-ring (bicyclic) bond motifs is 1. The monoisotopic (exact) mass is 182 g/mol. The third kappa shape index (κ3) is 1.78. The molecule has 0 heterocycles. The summed E-state index contributed by atoms with van der Waals surface area (Å²) in [6, 6.07) is 0. The van der Waals surface area contributed by atoms with E-state index in [1.165, 1.54) is 25.7 Å². The highest BCUT2D eigenvalue weighted by Gasteiger charge is 2.36.